The Balaban J connectivity index is 2.49. The highest BCUT2D eigenvalue weighted by molar-refractivity contribution is 5.92. The molecule has 16 heavy (non-hydrogen) atoms. The molecule has 0 radical (unpaired) electrons. The van der Waals surface area contributed by atoms with Gasteiger partial charge in [-0.2, -0.15) is 0 Å². The Hall–Kier alpha value is -1.68. The van der Waals surface area contributed by atoms with Gasteiger partial charge in [-0.25, -0.2) is 4.39 Å². The van der Waals surface area contributed by atoms with Crippen molar-refractivity contribution in [3.63, 3.8) is 0 Å². The fourth-order valence-electron chi connectivity index (χ4n) is 1.16. The van der Waals surface area contributed by atoms with Gasteiger partial charge in [-0.15, -0.1) is 6.58 Å². The minimum absolute atomic E-state index is 0.182. The monoisotopic (exact) mass is 222 g/mol. The van der Waals surface area contributed by atoms with E-state index in [0.29, 0.717) is 17.8 Å². The molecule has 0 heterocycles. The number of benzene rings is 1. The average molecular weight is 222 g/mol. The quantitative estimate of drug-likeness (QED) is 0.589. The molecule has 1 aromatic rings. The van der Waals surface area contributed by atoms with Gasteiger partial charge >= 0.3 is 0 Å². The minimum Gasteiger partial charge on any atom is -0.325 e. The molecule has 1 amide bonds. The highest BCUT2D eigenvalue weighted by Gasteiger charge is 2.03. The third-order valence-corrected chi connectivity index (χ3v) is 2.03. The summed E-state index contributed by atoms with van der Waals surface area (Å²) < 4.78 is 13.2. The van der Waals surface area contributed by atoms with Crippen LogP contribution in [0.2, 0.25) is 0 Å². The maximum Gasteiger partial charge on any atom is 0.238 e. The summed E-state index contributed by atoms with van der Waals surface area (Å²) in [6, 6.07) is 4.60. The third kappa shape index (κ3) is 3.82. The molecule has 1 aromatic carbocycles. The second-order valence-corrected chi connectivity index (χ2v) is 3.43. The summed E-state index contributed by atoms with van der Waals surface area (Å²) in [6.45, 7) is 5.94. The number of hydrogen-bond acceptors (Lipinski definition) is 2. The highest BCUT2D eigenvalue weighted by atomic mass is 19.1. The van der Waals surface area contributed by atoms with E-state index in [9.17, 15) is 9.18 Å². The lowest BCUT2D eigenvalue weighted by Gasteiger charge is -2.06. The first-order chi connectivity index (χ1) is 7.63. The second kappa shape index (κ2) is 6.02. The standard InChI is InChI=1S/C12H15FN2O/c1-3-6-14-8-12(16)15-10-5-4-9(2)11(13)7-10/h3-5,7,14H,1,6,8H2,2H3,(H,15,16). The van der Waals surface area contributed by atoms with Gasteiger partial charge in [0.05, 0.1) is 6.54 Å². The van der Waals surface area contributed by atoms with Gasteiger partial charge in [-0.3, -0.25) is 4.79 Å². The van der Waals surface area contributed by atoms with Crippen LogP contribution >= 0.6 is 0 Å². The zero-order chi connectivity index (χ0) is 12.0. The molecule has 0 fully saturated rings. The van der Waals surface area contributed by atoms with Gasteiger partial charge in [-0.1, -0.05) is 12.1 Å². The van der Waals surface area contributed by atoms with Crippen molar-refractivity contribution in [1.29, 1.82) is 0 Å². The van der Waals surface area contributed by atoms with E-state index in [1.165, 1.54) is 6.07 Å². The van der Waals surface area contributed by atoms with Crippen LogP contribution in [0, 0.1) is 12.7 Å². The van der Waals surface area contributed by atoms with Gasteiger partial charge in [0, 0.05) is 12.2 Å². The van der Waals surface area contributed by atoms with E-state index < -0.39 is 0 Å². The lowest BCUT2D eigenvalue weighted by atomic mass is 10.2. The Bertz CT molecular complexity index is 391. The largest absolute Gasteiger partial charge is 0.325 e. The molecular formula is C12H15FN2O. The summed E-state index contributed by atoms with van der Waals surface area (Å²) in [7, 11) is 0. The van der Waals surface area contributed by atoms with E-state index in [2.05, 4.69) is 17.2 Å². The summed E-state index contributed by atoms with van der Waals surface area (Å²) in [5.41, 5.74) is 1.02. The average Bonchev–Trinajstić information content (AvgIpc) is 2.24. The van der Waals surface area contributed by atoms with Gasteiger partial charge < -0.3 is 10.6 Å². The van der Waals surface area contributed by atoms with Crippen molar-refractivity contribution in [1.82, 2.24) is 5.32 Å². The Kier molecular flexibility index (Phi) is 4.66. The molecule has 0 saturated carbocycles. The number of amides is 1. The SMILES string of the molecule is C=CCNCC(=O)Nc1ccc(C)c(F)c1. The Morgan fingerprint density at radius 2 is 2.31 bits per heavy atom. The van der Waals surface area contributed by atoms with Crippen molar-refractivity contribution in [2.45, 2.75) is 6.92 Å². The topological polar surface area (TPSA) is 41.1 Å². The number of nitrogens with one attached hydrogen (secondary N) is 2. The molecule has 0 unspecified atom stereocenters. The van der Waals surface area contributed by atoms with Crippen molar-refractivity contribution in [3.05, 3.63) is 42.2 Å². The van der Waals surface area contributed by atoms with Crippen LogP contribution in [0.4, 0.5) is 10.1 Å². The number of carbonyl (C=O) groups is 1. The van der Waals surface area contributed by atoms with E-state index in [1.807, 2.05) is 0 Å². The number of rotatable bonds is 5. The van der Waals surface area contributed by atoms with Crippen LogP contribution in [0.3, 0.4) is 0 Å². The van der Waals surface area contributed by atoms with Crippen molar-refractivity contribution < 1.29 is 9.18 Å². The minimum atomic E-state index is -0.322. The number of anilines is 1. The van der Waals surface area contributed by atoms with Crippen LogP contribution in [-0.4, -0.2) is 19.0 Å². The Labute approximate surface area is 94.4 Å². The molecule has 86 valence electrons. The predicted molar refractivity (Wildman–Crippen MR) is 62.8 cm³/mol. The summed E-state index contributed by atoms with van der Waals surface area (Å²) in [5.74, 6) is -0.526. The zero-order valence-corrected chi connectivity index (χ0v) is 9.22. The first-order valence-electron chi connectivity index (χ1n) is 5.01. The molecule has 2 N–H and O–H groups in total. The van der Waals surface area contributed by atoms with Crippen LogP contribution in [0.25, 0.3) is 0 Å². The first kappa shape index (κ1) is 12.4. The van der Waals surface area contributed by atoms with Gasteiger partial charge in [0.25, 0.3) is 0 Å². The van der Waals surface area contributed by atoms with Crippen molar-refractivity contribution in [2.24, 2.45) is 0 Å². The summed E-state index contributed by atoms with van der Waals surface area (Å²) in [4.78, 5) is 11.4. The van der Waals surface area contributed by atoms with E-state index in [0.717, 1.165) is 0 Å². The molecule has 4 heteroatoms. The maximum atomic E-state index is 13.2. The molecule has 0 aliphatic heterocycles. The number of carbonyl (C=O) groups excluding carboxylic acids is 1. The van der Waals surface area contributed by atoms with Gasteiger partial charge in [0.2, 0.25) is 5.91 Å². The van der Waals surface area contributed by atoms with Crippen LogP contribution in [0.5, 0.6) is 0 Å². The molecule has 3 nitrogen and oxygen atoms in total. The molecule has 0 aliphatic carbocycles. The highest BCUT2D eigenvalue weighted by Crippen LogP contribution is 2.13. The van der Waals surface area contributed by atoms with E-state index in [1.54, 1.807) is 25.1 Å². The molecule has 0 atom stereocenters. The lowest BCUT2D eigenvalue weighted by molar-refractivity contribution is -0.115. The van der Waals surface area contributed by atoms with Gasteiger partial charge in [-0.05, 0) is 24.6 Å². The summed E-state index contributed by atoms with van der Waals surface area (Å²) >= 11 is 0. The second-order valence-electron chi connectivity index (χ2n) is 3.43. The molecule has 0 aromatic heterocycles. The lowest BCUT2D eigenvalue weighted by Crippen LogP contribution is -2.28. The van der Waals surface area contributed by atoms with Crippen LogP contribution in [0.15, 0.2) is 30.9 Å². The number of aryl methyl sites for hydroxylation is 1. The first-order valence-corrected chi connectivity index (χ1v) is 5.01. The Morgan fingerprint density at radius 1 is 1.56 bits per heavy atom. The van der Waals surface area contributed by atoms with Gasteiger partial charge in [0.1, 0.15) is 5.82 Å². The summed E-state index contributed by atoms with van der Waals surface area (Å²) in [6.07, 6.45) is 1.67. The van der Waals surface area contributed by atoms with E-state index in [-0.39, 0.29) is 18.3 Å². The fourth-order valence-corrected chi connectivity index (χ4v) is 1.16. The number of halogens is 1. The van der Waals surface area contributed by atoms with Crippen LogP contribution in [0.1, 0.15) is 5.56 Å². The zero-order valence-electron chi connectivity index (χ0n) is 9.22. The molecule has 1 rings (SSSR count). The van der Waals surface area contributed by atoms with Crippen LogP contribution in [-0.2, 0) is 4.79 Å². The third-order valence-electron chi connectivity index (χ3n) is 2.03. The smallest absolute Gasteiger partial charge is 0.238 e. The predicted octanol–water partition coefficient (Wildman–Crippen LogP) is 1.85. The molecule has 0 aliphatic rings. The molecule has 0 saturated heterocycles. The maximum absolute atomic E-state index is 13.2. The van der Waals surface area contributed by atoms with Gasteiger partial charge in [0.15, 0.2) is 0 Å². The van der Waals surface area contributed by atoms with Crippen molar-refractivity contribution >= 4 is 11.6 Å². The Morgan fingerprint density at radius 3 is 2.94 bits per heavy atom. The molecule has 0 bridgehead atoms. The summed E-state index contributed by atoms with van der Waals surface area (Å²) in [5, 5.41) is 5.45. The molecule has 0 spiro atoms. The number of hydrogen-bond donors (Lipinski definition) is 2. The fraction of sp³-hybridized carbons (Fsp3) is 0.250. The van der Waals surface area contributed by atoms with Crippen molar-refractivity contribution in [2.75, 3.05) is 18.4 Å². The van der Waals surface area contributed by atoms with Crippen molar-refractivity contribution in [3.8, 4) is 0 Å². The van der Waals surface area contributed by atoms with E-state index in [4.69, 9.17) is 0 Å². The molecular weight excluding hydrogens is 207 g/mol. The normalized spacial score (nSPS) is 9.88. The van der Waals surface area contributed by atoms with Crippen LogP contribution < -0.4 is 10.6 Å². The van der Waals surface area contributed by atoms with E-state index >= 15 is 0 Å².